The number of H-pyrrole nitrogens is 1. The Bertz CT molecular complexity index is 670. The Kier molecular flexibility index (Phi) is 5.14. The highest BCUT2D eigenvalue weighted by atomic mass is 16.4. The highest BCUT2D eigenvalue weighted by molar-refractivity contribution is 6.02. The van der Waals surface area contributed by atoms with E-state index in [1.807, 2.05) is 12.1 Å². The van der Waals surface area contributed by atoms with Crippen molar-refractivity contribution in [3.8, 4) is 0 Å². The average Bonchev–Trinajstić information content (AvgIpc) is 3.00. The smallest absolute Gasteiger partial charge is 0.352 e. The molecule has 1 heterocycles. The third kappa shape index (κ3) is 4.09. The van der Waals surface area contributed by atoms with Crippen LogP contribution in [0.25, 0.3) is 6.08 Å². The van der Waals surface area contributed by atoms with Crippen LogP contribution in [0.15, 0.2) is 48.3 Å². The van der Waals surface area contributed by atoms with Crippen LogP contribution in [-0.4, -0.2) is 22.0 Å². The van der Waals surface area contributed by atoms with Gasteiger partial charge in [0.1, 0.15) is 5.70 Å². The third-order valence-corrected chi connectivity index (χ3v) is 3.16. The Morgan fingerprint density at radius 2 is 1.95 bits per heavy atom. The Balaban J connectivity index is 2.13. The van der Waals surface area contributed by atoms with E-state index >= 15 is 0 Å². The van der Waals surface area contributed by atoms with Crippen LogP contribution in [0.5, 0.6) is 0 Å². The lowest BCUT2D eigenvalue weighted by Crippen LogP contribution is -2.27. The lowest BCUT2D eigenvalue weighted by Gasteiger charge is -2.07. The number of carboxylic acids is 1. The number of nitrogens with one attached hydrogen (secondary N) is 2. The monoisotopic (exact) mass is 298 g/mol. The SMILES string of the molecule is CCCc1ccc(C(=O)N/C(=C/c2ccc[nH]2)C(=O)O)cc1. The van der Waals surface area contributed by atoms with Crippen LogP contribution < -0.4 is 5.32 Å². The summed E-state index contributed by atoms with van der Waals surface area (Å²) in [5, 5.41) is 11.6. The van der Waals surface area contributed by atoms with Crippen molar-refractivity contribution in [2.24, 2.45) is 0 Å². The van der Waals surface area contributed by atoms with Gasteiger partial charge in [0.15, 0.2) is 0 Å². The molecule has 22 heavy (non-hydrogen) atoms. The number of aryl methyl sites for hydroxylation is 1. The first-order chi connectivity index (χ1) is 10.6. The van der Waals surface area contributed by atoms with Crippen LogP contribution in [-0.2, 0) is 11.2 Å². The summed E-state index contributed by atoms with van der Waals surface area (Å²) in [7, 11) is 0. The topological polar surface area (TPSA) is 82.2 Å². The van der Waals surface area contributed by atoms with E-state index in [1.165, 1.54) is 6.08 Å². The number of carbonyl (C=O) groups is 2. The van der Waals surface area contributed by atoms with Crippen molar-refractivity contribution in [2.75, 3.05) is 0 Å². The molecule has 0 atom stereocenters. The molecule has 1 aromatic heterocycles. The van der Waals surface area contributed by atoms with Gasteiger partial charge in [-0.3, -0.25) is 4.79 Å². The molecule has 0 aliphatic carbocycles. The second kappa shape index (κ2) is 7.26. The quantitative estimate of drug-likeness (QED) is 0.717. The summed E-state index contributed by atoms with van der Waals surface area (Å²) in [5.41, 5.74) is 2.01. The molecular formula is C17H18N2O3. The minimum Gasteiger partial charge on any atom is -0.477 e. The van der Waals surface area contributed by atoms with Crippen molar-refractivity contribution in [2.45, 2.75) is 19.8 Å². The molecular weight excluding hydrogens is 280 g/mol. The van der Waals surface area contributed by atoms with Crippen LogP contribution in [0.4, 0.5) is 0 Å². The minimum atomic E-state index is -1.19. The second-order valence-corrected chi connectivity index (χ2v) is 4.89. The number of hydrogen-bond acceptors (Lipinski definition) is 2. The minimum absolute atomic E-state index is 0.176. The first-order valence-electron chi connectivity index (χ1n) is 7.09. The molecule has 0 saturated heterocycles. The number of carboxylic acid groups (broad SMARTS) is 1. The third-order valence-electron chi connectivity index (χ3n) is 3.16. The van der Waals surface area contributed by atoms with E-state index in [0.717, 1.165) is 18.4 Å². The summed E-state index contributed by atoms with van der Waals surface area (Å²) in [4.78, 5) is 26.2. The fourth-order valence-electron chi connectivity index (χ4n) is 2.05. The van der Waals surface area contributed by atoms with Crippen LogP contribution in [0, 0.1) is 0 Å². The van der Waals surface area contributed by atoms with E-state index in [-0.39, 0.29) is 5.70 Å². The van der Waals surface area contributed by atoms with Gasteiger partial charge in [0.25, 0.3) is 5.91 Å². The predicted molar refractivity (Wildman–Crippen MR) is 84.3 cm³/mol. The molecule has 3 N–H and O–H groups in total. The molecule has 0 saturated carbocycles. The zero-order chi connectivity index (χ0) is 15.9. The number of aromatic nitrogens is 1. The summed E-state index contributed by atoms with van der Waals surface area (Å²) >= 11 is 0. The fourth-order valence-corrected chi connectivity index (χ4v) is 2.05. The molecule has 0 spiro atoms. The number of rotatable bonds is 6. The maximum Gasteiger partial charge on any atom is 0.352 e. The molecule has 2 rings (SSSR count). The van der Waals surface area contributed by atoms with Crippen LogP contribution >= 0.6 is 0 Å². The van der Waals surface area contributed by atoms with Crippen molar-refractivity contribution < 1.29 is 14.7 Å². The van der Waals surface area contributed by atoms with Crippen molar-refractivity contribution in [1.82, 2.24) is 10.3 Å². The summed E-state index contributed by atoms with van der Waals surface area (Å²) in [6.07, 6.45) is 5.05. The molecule has 0 fully saturated rings. The van der Waals surface area contributed by atoms with Crippen molar-refractivity contribution in [1.29, 1.82) is 0 Å². The van der Waals surface area contributed by atoms with Gasteiger partial charge in [0, 0.05) is 17.5 Å². The van der Waals surface area contributed by atoms with E-state index < -0.39 is 11.9 Å². The maximum absolute atomic E-state index is 12.1. The van der Waals surface area contributed by atoms with Gasteiger partial charge in [-0.2, -0.15) is 0 Å². The predicted octanol–water partition coefficient (Wildman–Crippen LogP) is 2.82. The molecule has 0 unspecified atom stereocenters. The number of aliphatic carboxylic acids is 1. The Hall–Kier alpha value is -2.82. The molecule has 0 radical (unpaired) electrons. The normalized spacial score (nSPS) is 11.2. The fraction of sp³-hybridized carbons (Fsp3) is 0.176. The van der Waals surface area contributed by atoms with Gasteiger partial charge < -0.3 is 15.4 Å². The van der Waals surface area contributed by atoms with Gasteiger partial charge in [-0.15, -0.1) is 0 Å². The van der Waals surface area contributed by atoms with Gasteiger partial charge in [0.2, 0.25) is 0 Å². The highest BCUT2D eigenvalue weighted by Crippen LogP contribution is 2.08. The van der Waals surface area contributed by atoms with Crippen LogP contribution in [0.2, 0.25) is 0 Å². The molecule has 1 aromatic carbocycles. The number of amides is 1. The molecule has 2 aromatic rings. The van der Waals surface area contributed by atoms with Gasteiger partial charge in [-0.05, 0) is 42.3 Å². The molecule has 114 valence electrons. The standard InChI is InChI=1S/C17H18N2O3/c1-2-4-12-6-8-13(9-7-12)16(20)19-15(17(21)22)11-14-5-3-10-18-14/h3,5-11,18H,2,4H2,1H3,(H,19,20)(H,21,22)/b15-11+. The van der Waals surface area contributed by atoms with E-state index in [0.29, 0.717) is 11.3 Å². The first kappa shape index (κ1) is 15.6. The van der Waals surface area contributed by atoms with E-state index in [4.69, 9.17) is 0 Å². The zero-order valence-corrected chi connectivity index (χ0v) is 12.3. The lowest BCUT2D eigenvalue weighted by atomic mass is 10.1. The Morgan fingerprint density at radius 1 is 1.23 bits per heavy atom. The zero-order valence-electron chi connectivity index (χ0n) is 12.3. The molecule has 5 heteroatoms. The second-order valence-electron chi connectivity index (χ2n) is 4.89. The van der Waals surface area contributed by atoms with Gasteiger partial charge in [-0.1, -0.05) is 25.5 Å². The molecule has 5 nitrogen and oxygen atoms in total. The van der Waals surface area contributed by atoms with E-state index in [1.54, 1.807) is 30.5 Å². The highest BCUT2D eigenvalue weighted by Gasteiger charge is 2.13. The van der Waals surface area contributed by atoms with Crippen molar-refractivity contribution >= 4 is 18.0 Å². The molecule has 0 aliphatic heterocycles. The van der Waals surface area contributed by atoms with Crippen LogP contribution in [0.3, 0.4) is 0 Å². The van der Waals surface area contributed by atoms with Crippen LogP contribution in [0.1, 0.15) is 35.0 Å². The van der Waals surface area contributed by atoms with Gasteiger partial charge in [0.05, 0.1) is 0 Å². The van der Waals surface area contributed by atoms with E-state index in [9.17, 15) is 14.7 Å². The summed E-state index contributed by atoms with van der Waals surface area (Å²) < 4.78 is 0. The Morgan fingerprint density at radius 3 is 2.50 bits per heavy atom. The van der Waals surface area contributed by atoms with Crippen molar-refractivity contribution in [3.63, 3.8) is 0 Å². The van der Waals surface area contributed by atoms with E-state index in [2.05, 4.69) is 17.2 Å². The summed E-state index contributed by atoms with van der Waals surface area (Å²) in [6.45, 7) is 2.09. The number of aromatic amines is 1. The van der Waals surface area contributed by atoms with Gasteiger partial charge in [-0.25, -0.2) is 4.79 Å². The average molecular weight is 298 g/mol. The van der Waals surface area contributed by atoms with Crippen molar-refractivity contribution in [3.05, 3.63) is 65.1 Å². The number of hydrogen-bond donors (Lipinski definition) is 3. The molecule has 0 bridgehead atoms. The molecule has 1 amide bonds. The van der Waals surface area contributed by atoms with Gasteiger partial charge >= 0.3 is 5.97 Å². The summed E-state index contributed by atoms with van der Waals surface area (Å²) in [5.74, 6) is -1.63. The molecule has 0 aliphatic rings. The largest absolute Gasteiger partial charge is 0.477 e. The number of benzene rings is 1. The first-order valence-corrected chi connectivity index (χ1v) is 7.09. The maximum atomic E-state index is 12.1. The summed E-state index contributed by atoms with van der Waals surface area (Å²) in [6, 6.07) is 10.6. The lowest BCUT2D eigenvalue weighted by molar-refractivity contribution is -0.132. The Labute approximate surface area is 128 Å². The number of carbonyl (C=O) groups excluding carboxylic acids is 1.